The van der Waals surface area contributed by atoms with Gasteiger partial charge in [-0.3, -0.25) is 9.59 Å². The summed E-state index contributed by atoms with van der Waals surface area (Å²) in [7, 11) is 0. The SMILES string of the molecule is NC(=O)C(N)=O.OCCNCCO. The lowest BCUT2D eigenvalue weighted by Crippen LogP contribution is -2.29. The van der Waals surface area contributed by atoms with Crippen LogP contribution in [0, 0.1) is 0 Å². The molecule has 0 rings (SSSR count). The van der Waals surface area contributed by atoms with E-state index in [-0.39, 0.29) is 13.2 Å². The van der Waals surface area contributed by atoms with Gasteiger partial charge in [-0.1, -0.05) is 0 Å². The summed E-state index contributed by atoms with van der Waals surface area (Å²) in [5.74, 6) is -2.20. The summed E-state index contributed by atoms with van der Waals surface area (Å²) in [6.07, 6.45) is 0. The van der Waals surface area contributed by atoms with Crippen molar-refractivity contribution in [3.8, 4) is 0 Å². The zero-order valence-corrected chi connectivity index (χ0v) is 7.19. The Kier molecular flexibility index (Phi) is 11.9. The van der Waals surface area contributed by atoms with Crippen LogP contribution in [0.2, 0.25) is 0 Å². The Morgan fingerprint density at radius 1 is 1.00 bits per heavy atom. The molecule has 0 bridgehead atoms. The molecule has 7 nitrogen and oxygen atoms in total. The minimum absolute atomic E-state index is 0.139. The Balaban J connectivity index is 0. The summed E-state index contributed by atoms with van der Waals surface area (Å²) >= 11 is 0. The van der Waals surface area contributed by atoms with Gasteiger partial charge in [0.05, 0.1) is 13.2 Å². The molecule has 0 unspecified atom stereocenters. The molecule has 0 aromatic heterocycles. The maximum atomic E-state index is 9.45. The molecular formula is C6H15N3O4. The van der Waals surface area contributed by atoms with Crippen LogP contribution in [-0.4, -0.2) is 48.3 Å². The normalized spacial score (nSPS) is 8.46. The summed E-state index contributed by atoms with van der Waals surface area (Å²) in [6, 6.07) is 0. The number of carbonyl (C=O) groups is 2. The molecule has 78 valence electrons. The number of aliphatic hydroxyl groups excluding tert-OH is 2. The molecule has 0 aromatic carbocycles. The fraction of sp³-hybridized carbons (Fsp3) is 0.667. The molecule has 7 heteroatoms. The van der Waals surface area contributed by atoms with Crippen LogP contribution in [0.1, 0.15) is 0 Å². The molecule has 0 aliphatic carbocycles. The molecule has 0 radical (unpaired) electrons. The van der Waals surface area contributed by atoms with Crippen LogP contribution in [0.25, 0.3) is 0 Å². The van der Waals surface area contributed by atoms with Crippen molar-refractivity contribution in [1.29, 1.82) is 0 Å². The van der Waals surface area contributed by atoms with Gasteiger partial charge in [0, 0.05) is 13.1 Å². The van der Waals surface area contributed by atoms with E-state index in [1.54, 1.807) is 0 Å². The van der Waals surface area contributed by atoms with Crippen molar-refractivity contribution in [2.24, 2.45) is 11.5 Å². The van der Waals surface area contributed by atoms with E-state index in [2.05, 4.69) is 16.8 Å². The fourth-order valence-corrected chi connectivity index (χ4v) is 0.283. The van der Waals surface area contributed by atoms with Crippen molar-refractivity contribution in [2.75, 3.05) is 26.3 Å². The van der Waals surface area contributed by atoms with Crippen molar-refractivity contribution in [3.63, 3.8) is 0 Å². The van der Waals surface area contributed by atoms with Gasteiger partial charge in [0.25, 0.3) is 0 Å². The second kappa shape index (κ2) is 10.8. The van der Waals surface area contributed by atoms with Crippen molar-refractivity contribution < 1.29 is 19.8 Å². The smallest absolute Gasteiger partial charge is 0.306 e. The fourth-order valence-electron chi connectivity index (χ4n) is 0.283. The van der Waals surface area contributed by atoms with Gasteiger partial charge in [-0.15, -0.1) is 0 Å². The number of rotatable bonds is 4. The van der Waals surface area contributed by atoms with E-state index in [0.29, 0.717) is 13.1 Å². The van der Waals surface area contributed by atoms with E-state index < -0.39 is 11.8 Å². The highest BCUT2D eigenvalue weighted by Gasteiger charge is 1.96. The van der Waals surface area contributed by atoms with Gasteiger partial charge in [0.1, 0.15) is 0 Å². The predicted octanol–water partition coefficient (Wildman–Crippen LogP) is -3.48. The topological polar surface area (TPSA) is 139 Å². The number of hydrogen-bond donors (Lipinski definition) is 5. The van der Waals surface area contributed by atoms with Gasteiger partial charge in [-0.2, -0.15) is 0 Å². The van der Waals surface area contributed by atoms with Crippen molar-refractivity contribution in [1.82, 2.24) is 5.32 Å². The number of aliphatic hydroxyl groups is 2. The van der Waals surface area contributed by atoms with Crippen LogP contribution < -0.4 is 16.8 Å². The van der Waals surface area contributed by atoms with Crippen LogP contribution in [0.15, 0.2) is 0 Å². The lowest BCUT2D eigenvalue weighted by Gasteiger charge is -1.94. The maximum Gasteiger partial charge on any atom is 0.306 e. The molecule has 0 saturated heterocycles. The Morgan fingerprint density at radius 3 is 1.46 bits per heavy atom. The van der Waals surface area contributed by atoms with Gasteiger partial charge in [-0.05, 0) is 0 Å². The minimum atomic E-state index is -1.10. The lowest BCUT2D eigenvalue weighted by molar-refractivity contribution is -0.135. The third-order valence-corrected chi connectivity index (χ3v) is 0.820. The summed E-state index contributed by atoms with van der Waals surface area (Å²) in [5, 5.41) is 19.1. The molecule has 0 aromatic rings. The molecule has 0 aliphatic heterocycles. The van der Waals surface area contributed by atoms with E-state index in [1.807, 2.05) is 0 Å². The summed E-state index contributed by atoms with van der Waals surface area (Å²) in [4.78, 5) is 18.9. The molecule has 0 aliphatic rings. The number of carbonyl (C=O) groups excluding carboxylic acids is 2. The Hall–Kier alpha value is -1.18. The van der Waals surface area contributed by atoms with Crippen molar-refractivity contribution in [3.05, 3.63) is 0 Å². The predicted molar refractivity (Wildman–Crippen MR) is 45.4 cm³/mol. The third-order valence-electron chi connectivity index (χ3n) is 0.820. The summed E-state index contributed by atoms with van der Waals surface area (Å²) in [5.41, 5.74) is 8.64. The summed E-state index contributed by atoms with van der Waals surface area (Å²) < 4.78 is 0. The largest absolute Gasteiger partial charge is 0.395 e. The van der Waals surface area contributed by atoms with Crippen LogP contribution in [0.4, 0.5) is 0 Å². The second-order valence-corrected chi connectivity index (χ2v) is 1.93. The molecule has 0 fully saturated rings. The third kappa shape index (κ3) is 18.1. The zero-order valence-electron chi connectivity index (χ0n) is 7.19. The number of nitrogens with two attached hydrogens (primary N) is 2. The molecular weight excluding hydrogens is 178 g/mol. The van der Waals surface area contributed by atoms with E-state index in [1.165, 1.54) is 0 Å². The van der Waals surface area contributed by atoms with E-state index >= 15 is 0 Å². The Labute approximate surface area is 75.7 Å². The van der Waals surface area contributed by atoms with Gasteiger partial charge >= 0.3 is 11.8 Å². The number of nitrogens with one attached hydrogen (secondary N) is 1. The van der Waals surface area contributed by atoms with E-state index in [9.17, 15) is 9.59 Å². The van der Waals surface area contributed by atoms with Crippen LogP contribution >= 0.6 is 0 Å². The summed E-state index contributed by atoms with van der Waals surface area (Å²) in [6.45, 7) is 1.42. The first-order chi connectivity index (χ1) is 6.06. The number of amides is 2. The lowest BCUT2D eigenvalue weighted by atomic mass is 10.6. The highest BCUT2D eigenvalue weighted by atomic mass is 16.3. The quantitative estimate of drug-likeness (QED) is 0.233. The number of hydrogen-bond acceptors (Lipinski definition) is 5. The molecule has 0 saturated carbocycles. The van der Waals surface area contributed by atoms with Crippen molar-refractivity contribution in [2.45, 2.75) is 0 Å². The van der Waals surface area contributed by atoms with E-state index in [0.717, 1.165) is 0 Å². The first-order valence-electron chi connectivity index (χ1n) is 3.58. The molecule has 0 atom stereocenters. The maximum absolute atomic E-state index is 9.45. The molecule has 7 N–H and O–H groups in total. The average Bonchev–Trinajstić information content (AvgIpc) is 2.06. The molecule has 13 heavy (non-hydrogen) atoms. The Bertz CT molecular complexity index is 135. The van der Waals surface area contributed by atoms with Crippen LogP contribution in [-0.2, 0) is 9.59 Å². The molecule has 2 amide bonds. The van der Waals surface area contributed by atoms with Gasteiger partial charge in [0.2, 0.25) is 0 Å². The molecule has 0 spiro atoms. The second-order valence-electron chi connectivity index (χ2n) is 1.93. The number of primary amides is 2. The average molecular weight is 193 g/mol. The highest BCUT2D eigenvalue weighted by molar-refractivity contribution is 6.33. The van der Waals surface area contributed by atoms with Gasteiger partial charge < -0.3 is 27.0 Å². The van der Waals surface area contributed by atoms with Crippen LogP contribution in [0.5, 0.6) is 0 Å². The van der Waals surface area contributed by atoms with E-state index in [4.69, 9.17) is 10.2 Å². The Morgan fingerprint density at radius 2 is 1.31 bits per heavy atom. The highest BCUT2D eigenvalue weighted by Crippen LogP contribution is 1.54. The monoisotopic (exact) mass is 193 g/mol. The zero-order chi connectivity index (χ0) is 10.7. The minimum Gasteiger partial charge on any atom is -0.395 e. The van der Waals surface area contributed by atoms with Gasteiger partial charge in [-0.25, -0.2) is 0 Å². The van der Waals surface area contributed by atoms with Crippen molar-refractivity contribution >= 4 is 11.8 Å². The first-order valence-corrected chi connectivity index (χ1v) is 3.58. The first kappa shape index (κ1) is 14.3. The van der Waals surface area contributed by atoms with Gasteiger partial charge in [0.15, 0.2) is 0 Å². The standard InChI is InChI=1S/C4H11NO2.C2H4N2O2/c6-3-1-5-2-4-7;3-1(5)2(4)6/h5-7H,1-4H2;(H2,3,5)(H2,4,6). The van der Waals surface area contributed by atoms with Crippen LogP contribution in [0.3, 0.4) is 0 Å². The molecule has 0 heterocycles.